The van der Waals surface area contributed by atoms with Crippen molar-refractivity contribution in [3.63, 3.8) is 0 Å². The minimum Gasteiger partial charge on any atom is -0.477 e. The van der Waals surface area contributed by atoms with Gasteiger partial charge in [0.2, 0.25) is 17.7 Å². The Kier molecular flexibility index (Phi) is 5.04. The molecule has 0 saturated heterocycles. The van der Waals surface area contributed by atoms with Gasteiger partial charge in [0.25, 0.3) is 0 Å². The standard InChI is InChI=1S/C12H17N7O2S/c1-3-20-9-8(10(21-4-2)19-11(15)18-9)22-12-16-6(13)5-7(14)17-12/h5H,3-4H2,1-2H3,(H2,15,18,19)(H4,13,14,16,17). The first-order valence-corrected chi connectivity index (χ1v) is 7.36. The predicted molar refractivity (Wildman–Crippen MR) is 83.8 cm³/mol. The molecule has 2 aromatic heterocycles. The molecule has 6 N–H and O–H groups in total. The first-order chi connectivity index (χ1) is 10.5. The molecule has 22 heavy (non-hydrogen) atoms. The number of hydrogen-bond donors (Lipinski definition) is 3. The summed E-state index contributed by atoms with van der Waals surface area (Å²) in [5, 5.41) is 0.341. The number of nitrogen functional groups attached to an aromatic ring is 3. The highest BCUT2D eigenvalue weighted by molar-refractivity contribution is 7.99. The zero-order chi connectivity index (χ0) is 16.1. The fourth-order valence-electron chi connectivity index (χ4n) is 1.58. The molecule has 0 radical (unpaired) electrons. The molecule has 0 unspecified atom stereocenters. The van der Waals surface area contributed by atoms with Crippen LogP contribution in [0.1, 0.15) is 13.8 Å². The number of nitrogens with zero attached hydrogens (tertiary/aromatic N) is 4. The molecule has 2 heterocycles. The van der Waals surface area contributed by atoms with Crippen molar-refractivity contribution < 1.29 is 9.47 Å². The Labute approximate surface area is 131 Å². The monoisotopic (exact) mass is 323 g/mol. The van der Waals surface area contributed by atoms with E-state index in [9.17, 15) is 0 Å². The summed E-state index contributed by atoms with van der Waals surface area (Å²) in [7, 11) is 0. The second kappa shape index (κ2) is 6.98. The summed E-state index contributed by atoms with van der Waals surface area (Å²) in [6.45, 7) is 4.50. The molecule has 0 saturated carbocycles. The lowest BCUT2D eigenvalue weighted by atomic mass is 10.5. The Balaban J connectivity index is 2.46. The molecule has 0 fully saturated rings. The third-order valence-corrected chi connectivity index (χ3v) is 3.24. The molecule has 2 rings (SSSR count). The number of anilines is 3. The Morgan fingerprint density at radius 3 is 1.86 bits per heavy atom. The van der Waals surface area contributed by atoms with Crippen molar-refractivity contribution in [3.8, 4) is 11.8 Å². The van der Waals surface area contributed by atoms with Crippen LogP contribution in [-0.2, 0) is 0 Å². The lowest BCUT2D eigenvalue weighted by Gasteiger charge is -2.13. The molecule has 0 spiro atoms. The van der Waals surface area contributed by atoms with E-state index in [-0.39, 0.29) is 17.6 Å². The molecule has 118 valence electrons. The van der Waals surface area contributed by atoms with Gasteiger partial charge in [-0.2, -0.15) is 9.97 Å². The van der Waals surface area contributed by atoms with Gasteiger partial charge in [0.05, 0.1) is 13.2 Å². The van der Waals surface area contributed by atoms with Crippen molar-refractivity contribution in [1.82, 2.24) is 19.9 Å². The van der Waals surface area contributed by atoms with Gasteiger partial charge in [0, 0.05) is 6.07 Å². The lowest BCUT2D eigenvalue weighted by Crippen LogP contribution is -2.07. The van der Waals surface area contributed by atoms with E-state index in [1.165, 1.54) is 6.07 Å². The van der Waals surface area contributed by atoms with E-state index in [0.29, 0.717) is 35.0 Å². The van der Waals surface area contributed by atoms with Crippen LogP contribution in [0.4, 0.5) is 17.6 Å². The maximum atomic E-state index is 5.67. The van der Waals surface area contributed by atoms with Crippen LogP contribution in [0, 0.1) is 0 Å². The number of rotatable bonds is 6. The van der Waals surface area contributed by atoms with Crippen molar-refractivity contribution in [2.75, 3.05) is 30.4 Å². The van der Waals surface area contributed by atoms with Crippen molar-refractivity contribution in [2.45, 2.75) is 23.9 Å². The fraction of sp³-hybridized carbons (Fsp3) is 0.333. The van der Waals surface area contributed by atoms with Gasteiger partial charge >= 0.3 is 0 Å². The van der Waals surface area contributed by atoms with Crippen LogP contribution < -0.4 is 26.7 Å². The SMILES string of the molecule is CCOc1nc(N)nc(OCC)c1Sc1nc(N)cc(N)n1. The molecule has 0 atom stereocenters. The highest BCUT2D eigenvalue weighted by Crippen LogP contribution is 2.39. The minimum atomic E-state index is 0.0595. The molecule has 0 bridgehead atoms. The van der Waals surface area contributed by atoms with E-state index in [2.05, 4.69) is 19.9 Å². The second-order valence-electron chi connectivity index (χ2n) is 3.99. The molecule has 9 nitrogen and oxygen atoms in total. The number of nitrogens with two attached hydrogens (primary N) is 3. The van der Waals surface area contributed by atoms with Gasteiger partial charge in [-0.05, 0) is 25.6 Å². The van der Waals surface area contributed by atoms with E-state index < -0.39 is 0 Å². The van der Waals surface area contributed by atoms with Crippen molar-refractivity contribution in [3.05, 3.63) is 6.07 Å². The highest BCUT2D eigenvalue weighted by Gasteiger charge is 2.19. The maximum Gasteiger partial charge on any atom is 0.236 e. The number of ether oxygens (including phenoxy) is 2. The Morgan fingerprint density at radius 2 is 1.41 bits per heavy atom. The van der Waals surface area contributed by atoms with Crippen molar-refractivity contribution in [2.24, 2.45) is 0 Å². The van der Waals surface area contributed by atoms with Crippen LogP contribution in [0.25, 0.3) is 0 Å². The van der Waals surface area contributed by atoms with Crippen LogP contribution in [0.3, 0.4) is 0 Å². The summed E-state index contributed by atoms with van der Waals surface area (Å²) in [6.07, 6.45) is 0. The summed E-state index contributed by atoms with van der Waals surface area (Å²) >= 11 is 1.14. The summed E-state index contributed by atoms with van der Waals surface area (Å²) in [5.41, 5.74) is 17.0. The van der Waals surface area contributed by atoms with Gasteiger partial charge in [0.15, 0.2) is 5.16 Å². The van der Waals surface area contributed by atoms with Crippen LogP contribution in [-0.4, -0.2) is 33.1 Å². The Bertz CT molecular complexity index is 621. The fourth-order valence-corrected chi connectivity index (χ4v) is 2.45. The Morgan fingerprint density at radius 1 is 0.909 bits per heavy atom. The third-order valence-electron chi connectivity index (χ3n) is 2.32. The van der Waals surface area contributed by atoms with Gasteiger partial charge < -0.3 is 26.7 Å². The average molecular weight is 323 g/mol. The Hall–Kier alpha value is -2.49. The van der Waals surface area contributed by atoms with E-state index in [4.69, 9.17) is 26.7 Å². The number of hydrogen-bond acceptors (Lipinski definition) is 10. The smallest absolute Gasteiger partial charge is 0.236 e. The topological polar surface area (TPSA) is 148 Å². The number of aromatic nitrogens is 4. The average Bonchev–Trinajstić information content (AvgIpc) is 2.42. The lowest BCUT2D eigenvalue weighted by molar-refractivity contribution is 0.290. The summed E-state index contributed by atoms with van der Waals surface area (Å²) in [4.78, 5) is 16.9. The molecule has 10 heteroatoms. The molecular weight excluding hydrogens is 306 g/mol. The first-order valence-electron chi connectivity index (χ1n) is 6.54. The van der Waals surface area contributed by atoms with Gasteiger partial charge in [-0.15, -0.1) is 0 Å². The highest BCUT2D eigenvalue weighted by atomic mass is 32.2. The van der Waals surface area contributed by atoms with E-state index in [1.807, 2.05) is 13.8 Å². The molecule has 0 amide bonds. The van der Waals surface area contributed by atoms with Gasteiger partial charge in [0.1, 0.15) is 16.5 Å². The van der Waals surface area contributed by atoms with Crippen LogP contribution in [0.15, 0.2) is 16.1 Å². The normalized spacial score (nSPS) is 10.5. The predicted octanol–water partition coefficient (Wildman–Crippen LogP) is 0.962. The van der Waals surface area contributed by atoms with E-state index in [0.717, 1.165) is 11.8 Å². The first kappa shape index (κ1) is 15.9. The van der Waals surface area contributed by atoms with Crippen LogP contribution >= 0.6 is 11.8 Å². The summed E-state index contributed by atoms with van der Waals surface area (Å²) in [6, 6.07) is 1.47. The molecule has 0 aromatic carbocycles. The zero-order valence-corrected chi connectivity index (χ0v) is 13.1. The maximum absolute atomic E-state index is 5.67. The largest absolute Gasteiger partial charge is 0.477 e. The second-order valence-corrected chi connectivity index (χ2v) is 4.97. The van der Waals surface area contributed by atoms with Gasteiger partial charge in [-0.3, -0.25) is 0 Å². The minimum absolute atomic E-state index is 0.0595. The van der Waals surface area contributed by atoms with E-state index >= 15 is 0 Å². The zero-order valence-electron chi connectivity index (χ0n) is 12.2. The van der Waals surface area contributed by atoms with Crippen molar-refractivity contribution >= 4 is 29.3 Å². The molecule has 0 aliphatic carbocycles. The molecular formula is C12H17N7O2S. The molecule has 2 aromatic rings. The third kappa shape index (κ3) is 3.79. The quantitative estimate of drug-likeness (QED) is 0.656. The van der Waals surface area contributed by atoms with E-state index in [1.54, 1.807) is 0 Å². The molecule has 0 aliphatic heterocycles. The van der Waals surface area contributed by atoms with Crippen molar-refractivity contribution in [1.29, 1.82) is 0 Å². The van der Waals surface area contributed by atoms with Gasteiger partial charge in [-0.1, -0.05) is 0 Å². The molecule has 0 aliphatic rings. The summed E-state index contributed by atoms with van der Waals surface area (Å²) < 4.78 is 11.0. The van der Waals surface area contributed by atoms with Gasteiger partial charge in [-0.25, -0.2) is 9.97 Å². The van der Waals surface area contributed by atoms with Crippen LogP contribution in [0.2, 0.25) is 0 Å². The summed E-state index contributed by atoms with van der Waals surface area (Å²) in [5.74, 6) is 1.19. The van der Waals surface area contributed by atoms with Crippen LogP contribution in [0.5, 0.6) is 11.8 Å².